The second-order valence-corrected chi connectivity index (χ2v) is 3.65. The fourth-order valence-corrected chi connectivity index (χ4v) is 1.74. The van der Waals surface area contributed by atoms with Crippen molar-refractivity contribution in [2.45, 2.75) is 13.3 Å². The van der Waals surface area contributed by atoms with Crippen LogP contribution in [0.3, 0.4) is 0 Å². The summed E-state index contributed by atoms with van der Waals surface area (Å²) in [4.78, 5) is 11.8. The maximum atomic E-state index is 11.8. The van der Waals surface area contributed by atoms with E-state index in [-0.39, 0.29) is 5.63 Å². The van der Waals surface area contributed by atoms with Crippen molar-refractivity contribution in [2.75, 3.05) is 14.2 Å². The molecule has 17 heavy (non-hydrogen) atoms. The Morgan fingerprint density at radius 1 is 1.12 bits per heavy atom. The molecule has 2 rings (SSSR count). The minimum absolute atomic E-state index is 0.347. The van der Waals surface area contributed by atoms with Crippen LogP contribution in [0.2, 0.25) is 0 Å². The molecule has 0 spiro atoms. The van der Waals surface area contributed by atoms with Gasteiger partial charge in [0, 0.05) is 6.42 Å². The molecule has 4 heteroatoms. The molecule has 0 fully saturated rings. The maximum absolute atomic E-state index is 11.8. The molecule has 0 atom stereocenters. The molecule has 0 aliphatic carbocycles. The molecule has 0 unspecified atom stereocenters. The van der Waals surface area contributed by atoms with Crippen LogP contribution in [0.15, 0.2) is 27.4 Å². The minimum atomic E-state index is -0.347. The van der Waals surface area contributed by atoms with E-state index in [0.29, 0.717) is 29.1 Å². The van der Waals surface area contributed by atoms with Gasteiger partial charge in [-0.05, 0) is 23.6 Å². The van der Waals surface area contributed by atoms with E-state index < -0.39 is 0 Å². The van der Waals surface area contributed by atoms with E-state index in [0.717, 1.165) is 5.39 Å². The number of aryl methyl sites for hydroxylation is 1. The second kappa shape index (κ2) is 4.49. The Morgan fingerprint density at radius 3 is 2.35 bits per heavy atom. The van der Waals surface area contributed by atoms with Crippen LogP contribution in [-0.4, -0.2) is 14.2 Å². The molecule has 1 aromatic carbocycles. The zero-order chi connectivity index (χ0) is 12.4. The molecule has 1 heterocycles. The van der Waals surface area contributed by atoms with E-state index in [1.165, 1.54) is 7.11 Å². The number of benzene rings is 1. The lowest BCUT2D eigenvalue weighted by Gasteiger charge is -2.08. The molecule has 1 aromatic heterocycles. The summed E-state index contributed by atoms with van der Waals surface area (Å²) in [5, 5.41) is 1.30. The molecular formula is C13H14O4. The lowest BCUT2D eigenvalue weighted by molar-refractivity contribution is 0.355. The topological polar surface area (TPSA) is 48.7 Å². The average molecular weight is 234 g/mol. The van der Waals surface area contributed by atoms with Gasteiger partial charge in [-0.3, -0.25) is 0 Å². The van der Waals surface area contributed by atoms with Crippen molar-refractivity contribution in [1.82, 2.24) is 0 Å². The molecule has 4 nitrogen and oxygen atoms in total. The minimum Gasteiger partial charge on any atom is -0.493 e. The van der Waals surface area contributed by atoms with Crippen molar-refractivity contribution < 1.29 is 13.9 Å². The van der Waals surface area contributed by atoms with Crippen molar-refractivity contribution >= 4 is 10.8 Å². The maximum Gasteiger partial charge on any atom is 0.343 e. The molecule has 2 aromatic rings. The lowest BCUT2D eigenvalue weighted by atomic mass is 10.1. The van der Waals surface area contributed by atoms with E-state index in [9.17, 15) is 4.79 Å². The summed E-state index contributed by atoms with van der Waals surface area (Å²) in [7, 11) is 3.10. The van der Waals surface area contributed by atoms with Gasteiger partial charge in [-0.2, -0.15) is 0 Å². The summed E-state index contributed by atoms with van der Waals surface area (Å²) in [5.74, 6) is 1.79. The van der Waals surface area contributed by atoms with Gasteiger partial charge in [-0.1, -0.05) is 6.92 Å². The van der Waals surface area contributed by atoms with Crippen LogP contribution in [0.25, 0.3) is 10.8 Å². The first-order chi connectivity index (χ1) is 8.19. The highest BCUT2D eigenvalue weighted by Crippen LogP contribution is 2.31. The Morgan fingerprint density at radius 2 is 1.76 bits per heavy atom. The van der Waals surface area contributed by atoms with Crippen LogP contribution in [0.5, 0.6) is 11.5 Å². The third-order valence-corrected chi connectivity index (χ3v) is 2.66. The summed E-state index contributed by atoms with van der Waals surface area (Å²) in [6.07, 6.45) is 0.680. The highest BCUT2D eigenvalue weighted by Gasteiger charge is 2.10. The molecule has 0 saturated heterocycles. The smallest absolute Gasteiger partial charge is 0.343 e. The van der Waals surface area contributed by atoms with Gasteiger partial charge in [0.2, 0.25) is 0 Å². The van der Waals surface area contributed by atoms with E-state index in [1.807, 2.05) is 13.0 Å². The second-order valence-electron chi connectivity index (χ2n) is 3.65. The normalized spacial score (nSPS) is 10.5. The monoisotopic (exact) mass is 234 g/mol. The number of ether oxygens (including phenoxy) is 2. The van der Waals surface area contributed by atoms with E-state index in [4.69, 9.17) is 13.9 Å². The third-order valence-electron chi connectivity index (χ3n) is 2.66. The molecule has 0 amide bonds. The predicted molar refractivity (Wildman–Crippen MR) is 65.0 cm³/mol. The average Bonchev–Trinajstić information content (AvgIpc) is 2.36. The van der Waals surface area contributed by atoms with Crippen molar-refractivity contribution in [3.8, 4) is 11.5 Å². The fraction of sp³-hybridized carbons (Fsp3) is 0.308. The standard InChI is InChI=1S/C13H14O4/c1-4-9-5-8-6-11(15-2)12(16-3)7-10(8)13(14)17-9/h5-7H,4H2,1-3H3. The van der Waals surface area contributed by atoms with Gasteiger partial charge < -0.3 is 13.9 Å². The molecule has 0 N–H and O–H groups in total. The number of rotatable bonds is 3. The van der Waals surface area contributed by atoms with E-state index in [1.54, 1.807) is 19.2 Å². The van der Waals surface area contributed by atoms with Gasteiger partial charge >= 0.3 is 5.63 Å². The summed E-state index contributed by atoms with van der Waals surface area (Å²) in [6.45, 7) is 1.94. The van der Waals surface area contributed by atoms with Gasteiger partial charge in [0.25, 0.3) is 0 Å². The van der Waals surface area contributed by atoms with Crippen molar-refractivity contribution in [1.29, 1.82) is 0 Å². The first-order valence-electron chi connectivity index (χ1n) is 5.38. The predicted octanol–water partition coefficient (Wildman–Crippen LogP) is 2.37. The summed E-state index contributed by atoms with van der Waals surface area (Å²) in [6, 6.07) is 5.27. The van der Waals surface area contributed by atoms with E-state index >= 15 is 0 Å². The lowest BCUT2D eigenvalue weighted by Crippen LogP contribution is -2.02. The SMILES string of the molecule is CCc1cc2cc(OC)c(OC)cc2c(=O)o1. The summed E-state index contributed by atoms with van der Waals surface area (Å²) < 4.78 is 15.5. The Kier molecular flexibility index (Phi) is 3.04. The van der Waals surface area contributed by atoms with Crippen LogP contribution in [-0.2, 0) is 6.42 Å². The Balaban J connectivity index is 2.78. The molecule has 0 saturated carbocycles. The van der Waals surface area contributed by atoms with Crippen LogP contribution in [0.1, 0.15) is 12.7 Å². The zero-order valence-electron chi connectivity index (χ0n) is 10.1. The quantitative estimate of drug-likeness (QED) is 0.818. The zero-order valence-corrected chi connectivity index (χ0v) is 10.1. The number of fused-ring (bicyclic) bond motifs is 1. The van der Waals surface area contributed by atoms with Crippen LogP contribution < -0.4 is 15.1 Å². The number of hydrogen-bond donors (Lipinski definition) is 0. The Hall–Kier alpha value is -1.97. The molecule has 0 radical (unpaired) electrons. The molecule has 0 aliphatic rings. The molecule has 90 valence electrons. The van der Waals surface area contributed by atoms with Crippen LogP contribution in [0, 0.1) is 0 Å². The fourth-order valence-electron chi connectivity index (χ4n) is 1.74. The summed E-state index contributed by atoms with van der Waals surface area (Å²) >= 11 is 0. The third kappa shape index (κ3) is 1.98. The van der Waals surface area contributed by atoms with Gasteiger partial charge in [0.05, 0.1) is 19.6 Å². The first kappa shape index (κ1) is 11.5. The number of hydrogen-bond acceptors (Lipinski definition) is 4. The van der Waals surface area contributed by atoms with Crippen LogP contribution >= 0.6 is 0 Å². The van der Waals surface area contributed by atoms with E-state index in [2.05, 4.69) is 0 Å². The molecular weight excluding hydrogens is 220 g/mol. The number of methoxy groups -OCH3 is 2. The van der Waals surface area contributed by atoms with Gasteiger partial charge in [-0.25, -0.2) is 4.79 Å². The molecule has 0 bridgehead atoms. The van der Waals surface area contributed by atoms with Crippen molar-refractivity contribution in [2.24, 2.45) is 0 Å². The highest BCUT2D eigenvalue weighted by molar-refractivity contribution is 5.85. The van der Waals surface area contributed by atoms with Gasteiger partial charge in [0.1, 0.15) is 5.76 Å². The van der Waals surface area contributed by atoms with Crippen molar-refractivity contribution in [3.63, 3.8) is 0 Å². The highest BCUT2D eigenvalue weighted by atomic mass is 16.5. The first-order valence-corrected chi connectivity index (χ1v) is 5.38. The Labute approximate surface area is 98.8 Å². The van der Waals surface area contributed by atoms with Gasteiger partial charge in [0.15, 0.2) is 11.5 Å². The Bertz CT molecular complexity index is 598. The summed E-state index contributed by atoms with van der Waals surface area (Å²) in [5.41, 5.74) is -0.347. The van der Waals surface area contributed by atoms with Crippen molar-refractivity contribution in [3.05, 3.63) is 34.4 Å². The largest absolute Gasteiger partial charge is 0.493 e. The van der Waals surface area contributed by atoms with Crippen LogP contribution in [0.4, 0.5) is 0 Å². The molecule has 0 aliphatic heterocycles. The van der Waals surface area contributed by atoms with Gasteiger partial charge in [-0.15, -0.1) is 0 Å².